The smallest absolute Gasteiger partial charge is 0.427 e. The highest BCUT2D eigenvalue weighted by molar-refractivity contribution is 6.30. The van der Waals surface area contributed by atoms with E-state index in [1.807, 2.05) is 24.3 Å². The molecule has 136 valence electrons. The first-order valence-electron chi connectivity index (χ1n) is 8.42. The van der Waals surface area contributed by atoms with Crippen LogP contribution < -0.4 is 0 Å². The van der Waals surface area contributed by atoms with Crippen LogP contribution in [0.4, 0.5) is 4.79 Å². The molecule has 0 saturated carbocycles. The van der Waals surface area contributed by atoms with Crippen molar-refractivity contribution in [3.05, 3.63) is 34.9 Å². The molecular weight excluding hydrogens is 344 g/mol. The number of rotatable bonds is 2. The van der Waals surface area contributed by atoms with Crippen LogP contribution in [-0.2, 0) is 14.4 Å². The number of hydrogen-bond acceptors (Lipinski definition) is 6. The van der Waals surface area contributed by atoms with E-state index in [4.69, 9.17) is 26.0 Å². The highest BCUT2D eigenvalue weighted by atomic mass is 35.5. The number of nitrogens with zero attached hydrogens (tertiary/aromatic N) is 2. The molecule has 1 saturated heterocycles. The third-order valence-electron chi connectivity index (χ3n) is 4.24. The van der Waals surface area contributed by atoms with Crippen LogP contribution in [0.3, 0.4) is 0 Å². The summed E-state index contributed by atoms with van der Waals surface area (Å²) in [6.07, 6.45) is 1.54. The summed E-state index contributed by atoms with van der Waals surface area (Å²) in [5, 5.41) is 6.60. The maximum atomic E-state index is 11.8. The predicted molar refractivity (Wildman–Crippen MR) is 94.5 cm³/mol. The van der Waals surface area contributed by atoms with Crippen LogP contribution in [0.25, 0.3) is 0 Å². The summed E-state index contributed by atoms with van der Waals surface area (Å²) in [4.78, 5) is 22.8. The molecule has 1 aromatic rings. The molecule has 0 aliphatic carbocycles. The van der Waals surface area contributed by atoms with E-state index in [0.29, 0.717) is 18.1 Å². The second-order valence-electron chi connectivity index (χ2n) is 7.48. The highest BCUT2D eigenvalue weighted by Crippen LogP contribution is 2.36. The second kappa shape index (κ2) is 6.84. The van der Waals surface area contributed by atoms with E-state index >= 15 is 0 Å². The standard InChI is InChI=1S/C18H23ClN2O4/c1-17(2,3)23-16(22)24-21-10-8-18(9-11-21)12-15(20-25-18)13-4-6-14(19)7-5-13/h4-7H,8-12H2,1-3H3. The van der Waals surface area contributed by atoms with E-state index < -0.39 is 11.8 Å². The molecule has 0 bridgehead atoms. The Morgan fingerprint density at radius 3 is 2.48 bits per heavy atom. The van der Waals surface area contributed by atoms with Gasteiger partial charge in [0.1, 0.15) is 11.2 Å². The molecule has 0 N–H and O–H groups in total. The van der Waals surface area contributed by atoms with Crippen LogP contribution in [0.15, 0.2) is 29.4 Å². The SMILES string of the molecule is CC(C)(C)OC(=O)ON1CCC2(CC1)CC(c1ccc(Cl)cc1)=NO2. The number of halogens is 1. The molecule has 1 spiro atoms. The number of hydroxylamine groups is 2. The molecule has 0 aromatic heterocycles. The molecule has 0 amide bonds. The Morgan fingerprint density at radius 2 is 1.88 bits per heavy atom. The lowest BCUT2D eigenvalue weighted by Crippen LogP contribution is -2.45. The molecule has 3 rings (SSSR count). The Labute approximate surface area is 152 Å². The van der Waals surface area contributed by atoms with Gasteiger partial charge in [0.25, 0.3) is 0 Å². The number of piperidine rings is 1. The van der Waals surface area contributed by atoms with Crippen molar-refractivity contribution in [2.24, 2.45) is 5.16 Å². The molecule has 7 heteroatoms. The minimum Gasteiger partial charge on any atom is -0.427 e. The van der Waals surface area contributed by atoms with E-state index in [1.165, 1.54) is 0 Å². The molecule has 0 unspecified atom stereocenters. The Bertz CT molecular complexity index is 659. The molecule has 1 aromatic carbocycles. The molecule has 2 aliphatic heterocycles. The quantitative estimate of drug-likeness (QED) is 0.735. The van der Waals surface area contributed by atoms with Gasteiger partial charge in [-0.2, -0.15) is 0 Å². The van der Waals surface area contributed by atoms with Gasteiger partial charge in [-0.1, -0.05) is 28.9 Å². The van der Waals surface area contributed by atoms with Gasteiger partial charge >= 0.3 is 6.16 Å². The summed E-state index contributed by atoms with van der Waals surface area (Å²) in [6.45, 7) is 6.59. The van der Waals surface area contributed by atoms with Crippen LogP contribution in [0.5, 0.6) is 0 Å². The fourth-order valence-corrected chi connectivity index (χ4v) is 3.07. The Balaban J connectivity index is 1.51. The van der Waals surface area contributed by atoms with E-state index in [0.717, 1.165) is 30.5 Å². The highest BCUT2D eigenvalue weighted by Gasteiger charge is 2.43. The average Bonchev–Trinajstić information content (AvgIpc) is 2.93. The van der Waals surface area contributed by atoms with Crippen LogP contribution >= 0.6 is 11.6 Å². The van der Waals surface area contributed by atoms with Gasteiger partial charge in [-0.3, -0.25) is 0 Å². The number of oxime groups is 1. The van der Waals surface area contributed by atoms with Crippen molar-refractivity contribution in [1.29, 1.82) is 0 Å². The number of benzene rings is 1. The fourth-order valence-electron chi connectivity index (χ4n) is 2.95. The lowest BCUT2D eigenvalue weighted by Gasteiger charge is -2.35. The maximum Gasteiger partial charge on any atom is 0.528 e. The zero-order valence-corrected chi connectivity index (χ0v) is 15.5. The second-order valence-corrected chi connectivity index (χ2v) is 7.92. The van der Waals surface area contributed by atoms with Gasteiger partial charge in [0.05, 0.1) is 5.71 Å². The number of carbonyl (C=O) groups excluding carboxylic acids is 1. The van der Waals surface area contributed by atoms with Gasteiger partial charge in [0.15, 0.2) is 0 Å². The topological polar surface area (TPSA) is 60.4 Å². The van der Waals surface area contributed by atoms with Gasteiger partial charge in [0, 0.05) is 37.4 Å². The summed E-state index contributed by atoms with van der Waals surface area (Å²) in [6, 6.07) is 7.60. The van der Waals surface area contributed by atoms with Crippen molar-refractivity contribution in [3.8, 4) is 0 Å². The van der Waals surface area contributed by atoms with E-state index in [9.17, 15) is 4.79 Å². The third kappa shape index (κ3) is 4.64. The molecule has 1 fully saturated rings. The largest absolute Gasteiger partial charge is 0.528 e. The molecule has 0 atom stereocenters. The van der Waals surface area contributed by atoms with Crippen LogP contribution in [0.2, 0.25) is 5.02 Å². The summed E-state index contributed by atoms with van der Waals surface area (Å²) < 4.78 is 5.17. The minimum absolute atomic E-state index is 0.317. The number of hydrogen-bond donors (Lipinski definition) is 0. The van der Waals surface area contributed by atoms with E-state index in [-0.39, 0.29) is 5.60 Å². The lowest BCUT2D eigenvalue weighted by atomic mass is 9.86. The maximum absolute atomic E-state index is 11.8. The molecule has 2 aliphatic rings. The van der Waals surface area contributed by atoms with Crippen molar-refractivity contribution in [1.82, 2.24) is 5.06 Å². The third-order valence-corrected chi connectivity index (χ3v) is 4.50. The van der Waals surface area contributed by atoms with Crippen LogP contribution in [0, 0.1) is 0 Å². The molecule has 6 nitrogen and oxygen atoms in total. The monoisotopic (exact) mass is 366 g/mol. The van der Waals surface area contributed by atoms with Crippen molar-refractivity contribution >= 4 is 23.5 Å². The zero-order chi connectivity index (χ0) is 18.1. The van der Waals surface area contributed by atoms with Crippen molar-refractivity contribution < 1.29 is 19.2 Å². The number of carbonyl (C=O) groups is 1. The molecular formula is C18H23ClN2O4. The molecule has 2 heterocycles. The number of ether oxygens (including phenoxy) is 1. The van der Waals surface area contributed by atoms with E-state index in [1.54, 1.807) is 25.8 Å². The van der Waals surface area contributed by atoms with Crippen molar-refractivity contribution in [3.63, 3.8) is 0 Å². The fraction of sp³-hybridized carbons (Fsp3) is 0.556. The average molecular weight is 367 g/mol. The van der Waals surface area contributed by atoms with Gasteiger partial charge < -0.3 is 14.4 Å². The summed E-state index contributed by atoms with van der Waals surface area (Å²) in [7, 11) is 0. The Hall–Kier alpha value is -1.79. The Morgan fingerprint density at radius 1 is 1.24 bits per heavy atom. The first-order valence-corrected chi connectivity index (χ1v) is 8.79. The molecule has 25 heavy (non-hydrogen) atoms. The lowest BCUT2D eigenvalue weighted by molar-refractivity contribution is -0.180. The van der Waals surface area contributed by atoms with Crippen molar-refractivity contribution in [2.75, 3.05) is 13.1 Å². The Kier molecular flexibility index (Phi) is 4.93. The van der Waals surface area contributed by atoms with Gasteiger partial charge in [-0.05, 0) is 38.5 Å². The summed E-state index contributed by atoms with van der Waals surface area (Å²) >= 11 is 5.93. The zero-order valence-electron chi connectivity index (χ0n) is 14.8. The normalized spacial score (nSPS) is 20.1. The first kappa shape index (κ1) is 18.0. The van der Waals surface area contributed by atoms with Gasteiger partial charge in [0.2, 0.25) is 0 Å². The molecule has 0 radical (unpaired) electrons. The van der Waals surface area contributed by atoms with Crippen LogP contribution in [0.1, 0.15) is 45.6 Å². The van der Waals surface area contributed by atoms with Crippen molar-refractivity contribution in [2.45, 2.75) is 51.2 Å². The van der Waals surface area contributed by atoms with Gasteiger partial charge in [-0.15, -0.1) is 5.06 Å². The van der Waals surface area contributed by atoms with E-state index in [2.05, 4.69) is 5.16 Å². The minimum atomic E-state index is -0.672. The first-order chi connectivity index (χ1) is 11.7. The van der Waals surface area contributed by atoms with Gasteiger partial charge in [-0.25, -0.2) is 4.79 Å². The summed E-state index contributed by atoms with van der Waals surface area (Å²) in [5.41, 5.74) is 1.07. The predicted octanol–water partition coefficient (Wildman–Crippen LogP) is 4.17. The summed E-state index contributed by atoms with van der Waals surface area (Å²) in [5.74, 6) is 0. The van der Waals surface area contributed by atoms with Crippen LogP contribution in [-0.4, -0.2) is 41.2 Å².